The molecule has 0 aliphatic rings. The lowest BCUT2D eigenvalue weighted by atomic mass is 10.2. The predicted octanol–water partition coefficient (Wildman–Crippen LogP) is 1.30. The second-order valence-electron chi connectivity index (χ2n) is 3.42. The Bertz CT molecular complexity index is 364. The average Bonchev–Trinajstić information content (AvgIpc) is 2.29. The summed E-state index contributed by atoms with van der Waals surface area (Å²) in [5.74, 6) is -1.17. The molecular formula is C13H16NO2-. The van der Waals surface area contributed by atoms with E-state index in [0.29, 0.717) is 0 Å². The highest BCUT2D eigenvalue weighted by Gasteiger charge is 1.99. The Balaban J connectivity index is 2.78. The highest BCUT2D eigenvalue weighted by molar-refractivity contribution is 5.83. The van der Waals surface area contributed by atoms with E-state index < -0.39 is 5.97 Å². The third kappa shape index (κ3) is 3.42. The van der Waals surface area contributed by atoms with Crippen LogP contribution in [-0.2, 0) is 4.79 Å². The Hall–Kier alpha value is -1.77. The Kier molecular flexibility index (Phi) is 4.58. The van der Waals surface area contributed by atoms with Gasteiger partial charge >= 0.3 is 0 Å². The van der Waals surface area contributed by atoms with Gasteiger partial charge in [0.2, 0.25) is 0 Å². The maximum absolute atomic E-state index is 10.2. The summed E-state index contributed by atoms with van der Waals surface area (Å²) in [4.78, 5) is 12.5. The number of hydrogen-bond donors (Lipinski definition) is 0. The van der Waals surface area contributed by atoms with E-state index in [0.717, 1.165) is 30.4 Å². The minimum atomic E-state index is -1.17. The molecule has 0 N–H and O–H groups in total. The lowest BCUT2D eigenvalue weighted by Crippen LogP contribution is -2.21. The second kappa shape index (κ2) is 5.95. The van der Waals surface area contributed by atoms with Crippen molar-refractivity contribution in [1.82, 2.24) is 0 Å². The van der Waals surface area contributed by atoms with Gasteiger partial charge in [0.15, 0.2) is 0 Å². The number of rotatable bonds is 5. The molecule has 0 bridgehead atoms. The van der Waals surface area contributed by atoms with E-state index in [-0.39, 0.29) is 0 Å². The molecule has 1 aromatic carbocycles. The Morgan fingerprint density at radius 3 is 2.25 bits per heavy atom. The van der Waals surface area contributed by atoms with Crippen LogP contribution < -0.4 is 10.0 Å². The van der Waals surface area contributed by atoms with E-state index in [1.165, 1.54) is 6.08 Å². The number of carboxylic acid groups (broad SMARTS) is 1. The van der Waals surface area contributed by atoms with Crippen LogP contribution >= 0.6 is 0 Å². The monoisotopic (exact) mass is 218 g/mol. The molecule has 3 nitrogen and oxygen atoms in total. The fourth-order valence-corrected chi connectivity index (χ4v) is 1.55. The maximum Gasteiger partial charge on any atom is 0.0643 e. The predicted molar refractivity (Wildman–Crippen MR) is 64.0 cm³/mol. The SMILES string of the molecule is CCN(CC)c1ccc(/C=C/C(=O)[O-])cc1. The Morgan fingerprint density at radius 2 is 1.81 bits per heavy atom. The average molecular weight is 218 g/mol. The van der Waals surface area contributed by atoms with E-state index in [1.807, 2.05) is 24.3 Å². The standard InChI is InChI=1S/C13H17NO2/c1-3-14(4-2)12-8-5-11(6-9-12)7-10-13(15)16/h5-10H,3-4H2,1-2H3,(H,15,16)/p-1/b10-7+. The van der Waals surface area contributed by atoms with Crippen molar-refractivity contribution in [3.05, 3.63) is 35.9 Å². The van der Waals surface area contributed by atoms with E-state index in [1.54, 1.807) is 0 Å². The number of anilines is 1. The number of benzene rings is 1. The summed E-state index contributed by atoms with van der Waals surface area (Å²) in [6, 6.07) is 7.77. The van der Waals surface area contributed by atoms with Crippen LogP contribution in [-0.4, -0.2) is 19.1 Å². The smallest absolute Gasteiger partial charge is 0.0643 e. The van der Waals surface area contributed by atoms with Gasteiger partial charge in [0.05, 0.1) is 5.97 Å². The van der Waals surface area contributed by atoms with Gasteiger partial charge in [-0.15, -0.1) is 0 Å². The van der Waals surface area contributed by atoms with Crippen molar-refractivity contribution < 1.29 is 9.90 Å². The van der Waals surface area contributed by atoms with E-state index in [4.69, 9.17) is 0 Å². The van der Waals surface area contributed by atoms with Gasteiger partial charge in [0.25, 0.3) is 0 Å². The summed E-state index contributed by atoms with van der Waals surface area (Å²) < 4.78 is 0. The third-order valence-corrected chi connectivity index (χ3v) is 2.43. The summed E-state index contributed by atoms with van der Waals surface area (Å²) in [6.45, 7) is 6.14. The zero-order chi connectivity index (χ0) is 12.0. The zero-order valence-corrected chi connectivity index (χ0v) is 9.64. The number of nitrogens with zero attached hydrogens (tertiary/aromatic N) is 1. The lowest BCUT2D eigenvalue weighted by Gasteiger charge is -2.20. The van der Waals surface area contributed by atoms with Gasteiger partial charge in [-0.25, -0.2) is 0 Å². The molecule has 0 radical (unpaired) electrons. The molecule has 0 saturated heterocycles. The quantitative estimate of drug-likeness (QED) is 0.699. The fourth-order valence-electron chi connectivity index (χ4n) is 1.55. The molecule has 0 spiro atoms. The lowest BCUT2D eigenvalue weighted by molar-refractivity contribution is -0.297. The van der Waals surface area contributed by atoms with Crippen molar-refractivity contribution in [2.24, 2.45) is 0 Å². The van der Waals surface area contributed by atoms with E-state index in [9.17, 15) is 9.90 Å². The summed E-state index contributed by atoms with van der Waals surface area (Å²) in [5.41, 5.74) is 2.01. The van der Waals surface area contributed by atoms with Crippen LogP contribution in [0.5, 0.6) is 0 Å². The molecule has 0 saturated carbocycles. The molecule has 0 fully saturated rings. The number of hydrogen-bond acceptors (Lipinski definition) is 3. The van der Waals surface area contributed by atoms with Crippen LogP contribution in [0.2, 0.25) is 0 Å². The molecular weight excluding hydrogens is 202 g/mol. The molecule has 0 heterocycles. The first-order chi connectivity index (χ1) is 7.67. The van der Waals surface area contributed by atoms with Gasteiger partial charge in [-0.05, 0) is 37.6 Å². The summed E-state index contributed by atoms with van der Waals surface area (Å²) in [7, 11) is 0. The highest BCUT2D eigenvalue weighted by atomic mass is 16.4. The van der Waals surface area contributed by atoms with Crippen molar-refractivity contribution in [2.45, 2.75) is 13.8 Å². The van der Waals surface area contributed by atoms with Crippen molar-refractivity contribution in [2.75, 3.05) is 18.0 Å². The first-order valence-corrected chi connectivity index (χ1v) is 5.41. The third-order valence-electron chi connectivity index (χ3n) is 2.43. The Labute approximate surface area is 96.0 Å². The topological polar surface area (TPSA) is 43.4 Å². The van der Waals surface area contributed by atoms with Crippen LogP contribution in [0.25, 0.3) is 6.08 Å². The van der Waals surface area contributed by atoms with Gasteiger partial charge in [0, 0.05) is 18.8 Å². The molecule has 0 aliphatic carbocycles. The molecule has 0 aliphatic heterocycles. The molecule has 1 rings (SSSR count). The molecule has 16 heavy (non-hydrogen) atoms. The minimum absolute atomic E-state index is 0.861. The number of carbonyl (C=O) groups excluding carboxylic acids is 1. The zero-order valence-electron chi connectivity index (χ0n) is 9.64. The normalized spacial score (nSPS) is 10.6. The van der Waals surface area contributed by atoms with Crippen LogP contribution in [0.4, 0.5) is 5.69 Å². The van der Waals surface area contributed by atoms with Crippen molar-refractivity contribution >= 4 is 17.7 Å². The number of carboxylic acids is 1. The molecule has 0 atom stereocenters. The molecule has 3 heteroatoms. The van der Waals surface area contributed by atoms with Crippen LogP contribution in [0, 0.1) is 0 Å². The van der Waals surface area contributed by atoms with E-state index in [2.05, 4.69) is 18.7 Å². The molecule has 0 amide bonds. The van der Waals surface area contributed by atoms with Gasteiger partial charge in [-0.2, -0.15) is 0 Å². The van der Waals surface area contributed by atoms with Gasteiger partial charge in [0.1, 0.15) is 0 Å². The van der Waals surface area contributed by atoms with Crippen molar-refractivity contribution in [1.29, 1.82) is 0 Å². The first-order valence-electron chi connectivity index (χ1n) is 5.41. The summed E-state index contributed by atoms with van der Waals surface area (Å²) >= 11 is 0. The summed E-state index contributed by atoms with van der Waals surface area (Å²) in [5, 5.41) is 10.2. The molecule has 0 aromatic heterocycles. The highest BCUT2D eigenvalue weighted by Crippen LogP contribution is 2.15. The van der Waals surface area contributed by atoms with Crippen LogP contribution in [0.1, 0.15) is 19.4 Å². The molecule has 86 valence electrons. The fraction of sp³-hybridized carbons (Fsp3) is 0.308. The van der Waals surface area contributed by atoms with Gasteiger partial charge in [-0.3, -0.25) is 0 Å². The minimum Gasteiger partial charge on any atom is -0.545 e. The number of carbonyl (C=O) groups is 1. The van der Waals surface area contributed by atoms with Crippen molar-refractivity contribution in [3.8, 4) is 0 Å². The maximum atomic E-state index is 10.2. The first kappa shape index (κ1) is 12.3. The molecule has 1 aromatic rings. The summed E-state index contributed by atoms with van der Waals surface area (Å²) in [6.07, 6.45) is 2.56. The van der Waals surface area contributed by atoms with Crippen molar-refractivity contribution in [3.63, 3.8) is 0 Å². The van der Waals surface area contributed by atoms with Crippen LogP contribution in [0.15, 0.2) is 30.3 Å². The molecule has 0 unspecified atom stereocenters. The van der Waals surface area contributed by atoms with E-state index >= 15 is 0 Å². The second-order valence-corrected chi connectivity index (χ2v) is 3.42. The van der Waals surface area contributed by atoms with Crippen LogP contribution in [0.3, 0.4) is 0 Å². The number of aliphatic carboxylic acids is 1. The van der Waals surface area contributed by atoms with Gasteiger partial charge in [-0.1, -0.05) is 18.2 Å². The largest absolute Gasteiger partial charge is 0.545 e. The Morgan fingerprint density at radius 1 is 1.25 bits per heavy atom. The van der Waals surface area contributed by atoms with Gasteiger partial charge < -0.3 is 14.8 Å².